The number of hydrogen-bond acceptors (Lipinski definition) is 4. The van der Waals surface area contributed by atoms with Crippen LogP contribution >= 0.6 is 0 Å². The van der Waals surface area contributed by atoms with E-state index in [4.69, 9.17) is 0 Å². The maximum atomic E-state index is 12.2. The molecule has 0 aromatic heterocycles. The van der Waals surface area contributed by atoms with E-state index in [1.165, 1.54) is 0 Å². The summed E-state index contributed by atoms with van der Waals surface area (Å²) >= 11 is 0. The van der Waals surface area contributed by atoms with E-state index >= 15 is 0 Å². The molecule has 1 saturated heterocycles. The summed E-state index contributed by atoms with van der Waals surface area (Å²) in [6.07, 6.45) is 1.06. The zero-order valence-electron chi connectivity index (χ0n) is 11.6. The van der Waals surface area contributed by atoms with E-state index in [2.05, 4.69) is 15.4 Å². The van der Waals surface area contributed by atoms with E-state index in [1.54, 1.807) is 18.2 Å². The maximum Gasteiger partial charge on any atom is 0.253 e. The molecule has 6 nitrogen and oxygen atoms in total. The molecule has 0 saturated carbocycles. The number of benzene rings is 1. The van der Waals surface area contributed by atoms with Crippen molar-refractivity contribution in [1.29, 1.82) is 0 Å². The summed E-state index contributed by atoms with van der Waals surface area (Å²) < 4.78 is 25.0. The molecule has 1 fully saturated rings. The SMILES string of the molecule is Cc1ccc(NS(C)(=O)=O)c(C(=O)NCC2CNC2)c1. The first kappa shape index (κ1) is 14.8. The number of aryl methyl sites for hydroxylation is 1. The summed E-state index contributed by atoms with van der Waals surface area (Å²) in [7, 11) is -3.41. The fourth-order valence-corrected chi connectivity index (χ4v) is 2.54. The zero-order valence-corrected chi connectivity index (χ0v) is 12.4. The first-order chi connectivity index (χ1) is 9.35. The van der Waals surface area contributed by atoms with Crippen LogP contribution in [0.1, 0.15) is 15.9 Å². The largest absolute Gasteiger partial charge is 0.352 e. The van der Waals surface area contributed by atoms with Crippen LogP contribution in [0.2, 0.25) is 0 Å². The van der Waals surface area contributed by atoms with Gasteiger partial charge in [-0.1, -0.05) is 11.6 Å². The molecular formula is C13H19N3O3S. The lowest BCUT2D eigenvalue weighted by Gasteiger charge is -2.27. The third-order valence-electron chi connectivity index (χ3n) is 3.13. The number of carbonyl (C=O) groups excluding carboxylic acids is 1. The molecule has 1 heterocycles. The minimum atomic E-state index is -3.41. The van der Waals surface area contributed by atoms with Gasteiger partial charge in [-0.3, -0.25) is 9.52 Å². The van der Waals surface area contributed by atoms with Crippen molar-refractivity contribution < 1.29 is 13.2 Å². The molecule has 1 aliphatic rings. The molecule has 2 rings (SSSR count). The maximum absolute atomic E-state index is 12.2. The zero-order chi connectivity index (χ0) is 14.8. The van der Waals surface area contributed by atoms with Crippen molar-refractivity contribution in [2.45, 2.75) is 6.92 Å². The normalized spacial score (nSPS) is 15.5. The molecule has 1 aromatic rings. The van der Waals surface area contributed by atoms with Gasteiger partial charge in [0.1, 0.15) is 0 Å². The Labute approximate surface area is 119 Å². The van der Waals surface area contributed by atoms with E-state index in [0.717, 1.165) is 24.9 Å². The molecule has 0 radical (unpaired) electrons. The second-order valence-electron chi connectivity index (χ2n) is 5.16. The van der Waals surface area contributed by atoms with Crippen molar-refractivity contribution in [3.63, 3.8) is 0 Å². The van der Waals surface area contributed by atoms with Gasteiger partial charge in [0.2, 0.25) is 10.0 Å². The van der Waals surface area contributed by atoms with Crippen molar-refractivity contribution in [3.05, 3.63) is 29.3 Å². The van der Waals surface area contributed by atoms with Crippen LogP contribution in [0, 0.1) is 12.8 Å². The summed E-state index contributed by atoms with van der Waals surface area (Å²) in [6.45, 7) is 4.26. The molecule has 7 heteroatoms. The van der Waals surface area contributed by atoms with E-state index in [-0.39, 0.29) is 5.91 Å². The average Bonchev–Trinajstić information content (AvgIpc) is 2.27. The van der Waals surface area contributed by atoms with Crippen LogP contribution in [0.3, 0.4) is 0 Å². The smallest absolute Gasteiger partial charge is 0.253 e. The quantitative estimate of drug-likeness (QED) is 0.730. The Morgan fingerprint density at radius 3 is 2.65 bits per heavy atom. The lowest BCUT2D eigenvalue weighted by molar-refractivity contribution is 0.0943. The Balaban J connectivity index is 2.14. The third kappa shape index (κ3) is 3.94. The van der Waals surface area contributed by atoms with Gasteiger partial charge in [-0.25, -0.2) is 8.42 Å². The number of carbonyl (C=O) groups is 1. The van der Waals surface area contributed by atoms with Crippen molar-refractivity contribution in [1.82, 2.24) is 10.6 Å². The Bertz CT molecular complexity index is 609. The van der Waals surface area contributed by atoms with Crippen LogP contribution in [0.4, 0.5) is 5.69 Å². The number of hydrogen-bond donors (Lipinski definition) is 3. The van der Waals surface area contributed by atoms with Gasteiger partial charge in [-0.15, -0.1) is 0 Å². The Morgan fingerprint density at radius 1 is 1.40 bits per heavy atom. The summed E-state index contributed by atoms with van der Waals surface area (Å²) in [5.74, 6) is 0.196. The van der Waals surface area contributed by atoms with Crippen LogP contribution in [0.5, 0.6) is 0 Å². The molecular weight excluding hydrogens is 278 g/mol. The molecule has 1 aromatic carbocycles. The summed E-state index contributed by atoms with van der Waals surface area (Å²) in [5.41, 5.74) is 1.56. The third-order valence-corrected chi connectivity index (χ3v) is 3.72. The van der Waals surface area contributed by atoms with Crippen LogP contribution in [-0.2, 0) is 10.0 Å². The van der Waals surface area contributed by atoms with Crippen molar-refractivity contribution in [3.8, 4) is 0 Å². The van der Waals surface area contributed by atoms with E-state index in [1.807, 2.05) is 6.92 Å². The van der Waals surface area contributed by atoms with E-state index in [0.29, 0.717) is 23.7 Å². The minimum absolute atomic E-state index is 0.258. The first-order valence-electron chi connectivity index (χ1n) is 6.42. The van der Waals surface area contributed by atoms with Gasteiger partial charge < -0.3 is 10.6 Å². The highest BCUT2D eigenvalue weighted by Crippen LogP contribution is 2.18. The number of anilines is 1. The number of nitrogens with one attached hydrogen (secondary N) is 3. The predicted octanol–water partition coefficient (Wildman–Crippen LogP) is 0.316. The summed E-state index contributed by atoms with van der Waals surface area (Å²) in [6, 6.07) is 5.05. The van der Waals surface area contributed by atoms with Crippen molar-refractivity contribution in [2.75, 3.05) is 30.6 Å². The molecule has 20 heavy (non-hydrogen) atoms. The van der Waals surface area contributed by atoms with Gasteiger partial charge in [-0.2, -0.15) is 0 Å². The van der Waals surface area contributed by atoms with Gasteiger partial charge in [0, 0.05) is 25.6 Å². The predicted molar refractivity (Wildman–Crippen MR) is 78.3 cm³/mol. The molecule has 0 spiro atoms. The van der Waals surface area contributed by atoms with Gasteiger partial charge >= 0.3 is 0 Å². The van der Waals surface area contributed by atoms with Gasteiger partial charge in [0.15, 0.2) is 0 Å². The molecule has 0 unspecified atom stereocenters. The number of amides is 1. The second kappa shape index (κ2) is 5.80. The highest BCUT2D eigenvalue weighted by Gasteiger charge is 2.19. The Hall–Kier alpha value is -1.60. The Kier molecular flexibility index (Phi) is 4.29. The highest BCUT2D eigenvalue weighted by molar-refractivity contribution is 7.92. The lowest BCUT2D eigenvalue weighted by Crippen LogP contribution is -2.48. The molecule has 0 bridgehead atoms. The first-order valence-corrected chi connectivity index (χ1v) is 8.31. The van der Waals surface area contributed by atoms with Gasteiger partial charge in [-0.05, 0) is 19.1 Å². The van der Waals surface area contributed by atoms with Crippen LogP contribution in [-0.4, -0.2) is 40.2 Å². The highest BCUT2D eigenvalue weighted by atomic mass is 32.2. The van der Waals surface area contributed by atoms with E-state index < -0.39 is 10.0 Å². The Morgan fingerprint density at radius 2 is 2.10 bits per heavy atom. The standard InChI is InChI=1S/C13H19N3O3S/c1-9-3-4-12(16-20(2,18)19)11(5-9)13(17)15-8-10-6-14-7-10/h3-5,10,14,16H,6-8H2,1-2H3,(H,15,17). The molecule has 0 aliphatic carbocycles. The monoisotopic (exact) mass is 297 g/mol. The number of rotatable bonds is 5. The average molecular weight is 297 g/mol. The van der Waals surface area contributed by atoms with Crippen molar-refractivity contribution >= 4 is 21.6 Å². The molecule has 0 atom stereocenters. The molecule has 1 amide bonds. The fraction of sp³-hybridized carbons (Fsp3) is 0.462. The molecule has 110 valence electrons. The number of sulfonamides is 1. The van der Waals surface area contributed by atoms with Crippen LogP contribution in [0.15, 0.2) is 18.2 Å². The van der Waals surface area contributed by atoms with Gasteiger partial charge in [0.25, 0.3) is 5.91 Å². The molecule has 3 N–H and O–H groups in total. The van der Waals surface area contributed by atoms with Crippen LogP contribution in [0.25, 0.3) is 0 Å². The summed E-state index contributed by atoms with van der Waals surface area (Å²) in [5, 5.41) is 5.97. The second-order valence-corrected chi connectivity index (χ2v) is 6.91. The van der Waals surface area contributed by atoms with Gasteiger partial charge in [0.05, 0.1) is 17.5 Å². The van der Waals surface area contributed by atoms with Crippen LogP contribution < -0.4 is 15.4 Å². The topological polar surface area (TPSA) is 87.3 Å². The van der Waals surface area contributed by atoms with E-state index in [9.17, 15) is 13.2 Å². The van der Waals surface area contributed by atoms with Crippen molar-refractivity contribution in [2.24, 2.45) is 5.92 Å². The lowest BCUT2D eigenvalue weighted by atomic mass is 10.0. The molecule has 1 aliphatic heterocycles. The minimum Gasteiger partial charge on any atom is -0.352 e. The fourth-order valence-electron chi connectivity index (χ4n) is 1.96. The summed E-state index contributed by atoms with van der Waals surface area (Å²) in [4.78, 5) is 12.2.